The largest absolute Gasteiger partial charge is 0.469 e. The number of rotatable bonds is 8. The van der Waals surface area contributed by atoms with E-state index in [1.54, 1.807) is 0 Å². The molecule has 0 rings (SSSR count). The van der Waals surface area contributed by atoms with E-state index in [9.17, 15) is 18.0 Å². The first-order chi connectivity index (χ1) is 7.91. The molecule has 0 bridgehead atoms. The van der Waals surface area contributed by atoms with Gasteiger partial charge in [0, 0.05) is 13.1 Å². The molecule has 100 valence electrons. The molecule has 17 heavy (non-hydrogen) atoms. The van der Waals surface area contributed by atoms with Crippen LogP contribution >= 0.6 is 0 Å². The second kappa shape index (κ2) is 7.98. The second-order valence-corrected chi connectivity index (χ2v) is 4.53. The summed E-state index contributed by atoms with van der Waals surface area (Å²) in [5.74, 6) is -1.02. The molecule has 8 nitrogen and oxygen atoms in total. The zero-order valence-corrected chi connectivity index (χ0v) is 10.5. The van der Waals surface area contributed by atoms with E-state index in [1.165, 1.54) is 14.2 Å². The highest BCUT2D eigenvalue weighted by Gasteiger charge is 2.10. The highest BCUT2D eigenvalue weighted by molar-refractivity contribution is 7.87. The third-order valence-electron chi connectivity index (χ3n) is 1.70. The van der Waals surface area contributed by atoms with Gasteiger partial charge in [-0.25, -0.2) is 9.44 Å². The van der Waals surface area contributed by atoms with E-state index in [4.69, 9.17) is 0 Å². The zero-order chi connectivity index (χ0) is 13.3. The fraction of sp³-hybridized carbons (Fsp3) is 0.750. The van der Waals surface area contributed by atoms with Crippen LogP contribution in [0.25, 0.3) is 0 Å². The molecular weight excluding hydrogens is 252 g/mol. The van der Waals surface area contributed by atoms with Crippen LogP contribution in [0.4, 0.5) is 0 Å². The van der Waals surface area contributed by atoms with E-state index in [0.717, 1.165) is 0 Å². The molecule has 0 heterocycles. The van der Waals surface area contributed by atoms with Gasteiger partial charge in [0.25, 0.3) is 10.2 Å². The van der Waals surface area contributed by atoms with Crippen LogP contribution in [-0.2, 0) is 29.3 Å². The number of methoxy groups -OCH3 is 2. The van der Waals surface area contributed by atoms with Gasteiger partial charge in [0.1, 0.15) is 0 Å². The van der Waals surface area contributed by atoms with Gasteiger partial charge in [-0.15, -0.1) is 0 Å². The van der Waals surface area contributed by atoms with Crippen molar-refractivity contribution in [2.24, 2.45) is 0 Å². The number of nitrogens with one attached hydrogen (secondary N) is 2. The van der Waals surface area contributed by atoms with E-state index in [0.29, 0.717) is 0 Å². The van der Waals surface area contributed by atoms with Crippen LogP contribution in [0.1, 0.15) is 12.8 Å². The molecule has 0 fully saturated rings. The average Bonchev–Trinajstić information content (AvgIpc) is 2.27. The van der Waals surface area contributed by atoms with Gasteiger partial charge in [0.2, 0.25) is 0 Å². The van der Waals surface area contributed by atoms with E-state index in [1.807, 2.05) is 0 Å². The molecule has 0 aliphatic rings. The van der Waals surface area contributed by atoms with Crippen molar-refractivity contribution in [1.82, 2.24) is 9.44 Å². The minimum atomic E-state index is -3.70. The molecule has 0 aromatic carbocycles. The Labute approximate surface area is 99.8 Å². The van der Waals surface area contributed by atoms with Crippen LogP contribution in [-0.4, -0.2) is 47.7 Å². The van der Waals surface area contributed by atoms with Crippen LogP contribution in [0.5, 0.6) is 0 Å². The van der Waals surface area contributed by atoms with E-state index < -0.39 is 22.1 Å². The molecule has 0 saturated carbocycles. The summed E-state index contributed by atoms with van der Waals surface area (Å²) in [7, 11) is -1.28. The Morgan fingerprint density at radius 1 is 0.941 bits per heavy atom. The molecule has 0 spiro atoms. The molecule has 0 aromatic heterocycles. The zero-order valence-electron chi connectivity index (χ0n) is 9.69. The normalized spacial score (nSPS) is 10.9. The van der Waals surface area contributed by atoms with Crippen molar-refractivity contribution in [2.45, 2.75) is 12.8 Å². The number of ether oxygens (including phenoxy) is 2. The molecule has 0 atom stereocenters. The molecule has 0 aliphatic heterocycles. The molecule has 0 radical (unpaired) electrons. The third-order valence-corrected chi connectivity index (χ3v) is 2.87. The Bertz CT molecular complexity index is 325. The Morgan fingerprint density at radius 3 is 1.59 bits per heavy atom. The van der Waals surface area contributed by atoms with Crippen LogP contribution in [0.3, 0.4) is 0 Å². The summed E-state index contributed by atoms with van der Waals surface area (Å²) in [5, 5.41) is 0. The number of hydrogen-bond acceptors (Lipinski definition) is 6. The average molecular weight is 268 g/mol. The van der Waals surface area contributed by atoms with Crippen molar-refractivity contribution in [3.05, 3.63) is 0 Å². The Hall–Kier alpha value is -1.19. The van der Waals surface area contributed by atoms with Gasteiger partial charge in [0.15, 0.2) is 0 Å². The lowest BCUT2D eigenvalue weighted by molar-refractivity contribution is -0.141. The predicted octanol–water partition coefficient (Wildman–Crippen LogP) is -1.46. The predicted molar refractivity (Wildman–Crippen MR) is 58.2 cm³/mol. The Kier molecular flexibility index (Phi) is 7.42. The summed E-state index contributed by atoms with van der Waals surface area (Å²) in [6.07, 6.45) is -0.122. The first-order valence-corrected chi connectivity index (χ1v) is 6.27. The van der Waals surface area contributed by atoms with Crippen molar-refractivity contribution < 1.29 is 27.5 Å². The summed E-state index contributed by atoms with van der Waals surface area (Å²) in [6, 6.07) is 0. The second-order valence-electron chi connectivity index (χ2n) is 2.94. The fourth-order valence-corrected chi connectivity index (χ4v) is 1.67. The van der Waals surface area contributed by atoms with Crippen LogP contribution in [0.15, 0.2) is 0 Å². The number of esters is 2. The van der Waals surface area contributed by atoms with Crippen molar-refractivity contribution in [3.63, 3.8) is 0 Å². The van der Waals surface area contributed by atoms with Gasteiger partial charge >= 0.3 is 11.9 Å². The first kappa shape index (κ1) is 15.8. The molecule has 0 amide bonds. The lowest BCUT2D eigenvalue weighted by Gasteiger charge is -2.06. The van der Waals surface area contributed by atoms with Gasteiger partial charge in [-0.3, -0.25) is 9.59 Å². The number of carbonyl (C=O) groups excluding carboxylic acids is 2. The molecule has 9 heteroatoms. The lowest BCUT2D eigenvalue weighted by Crippen LogP contribution is -2.38. The van der Waals surface area contributed by atoms with E-state index in [-0.39, 0.29) is 25.9 Å². The number of hydrogen-bond donors (Lipinski definition) is 2. The minimum absolute atomic E-state index is 0.0611. The smallest absolute Gasteiger partial charge is 0.306 e. The summed E-state index contributed by atoms with van der Waals surface area (Å²) >= 11 is 0. The molecule has 0 aromatic rings. The monoisotopic (exact) mass is 268 g/mol. The van der Waals surface area contributed by atoms with Gasteiger partial charge in [-0.1, -0.05) is 0 Å². The standard InChI is InChI=1S/C8H16N2O6S/c1-15-7(11)3-5-9-17(13,14)10-6-4-8(12)16-2/h9-10H,3-6H2,1-2H3. The maximum absolute atomic E-state index is 11.2. The minimum Gasteiger partial charge on any atom is -0.469 e. The van der Waals surface area contributed by atoms with Crippen LogP contribution in [0.2, 0.25) is 0 Å². The van der Waals surface area contributed by atoms with Crippen molar-refractivity contribution in [3.8, 4) is 0 Å². The summed E-state index contributed by atoms with van der Waals surface area (Å²) < 4.78 is 35.4. The Morgan fingerprint density at radius 2 is 1.29 bits per heavy atom. The topological polar surface area (TPSA) is 111 Å². The third kappa shape index (κ3) is 8.60. The van der Waals surface area contributed by atoms with Crippen LogP contribution < -0.4 is 9.44 Å². The lowest BCUT2D eigenvalue weighted by atomic mass is 10.4. The number of carbonyl (C=O) groups is 2. The van der Waals surface area contributed by atoms with Crippen molar-refractivity contribution >= 4 is 22.1 Å². The molecule has 0 unspecified atom stereocenters. The SMILES string of the molecule is COC(=O)CCNS(=O)(=O)NCCC(=O)OC. The summed E-state index contributed by atoms with van der Waals surface area (Å²) in [6.45, 7) is -0.138. The quantitative estimate of drug-likeness (QED) is 0.520. The summed E-state index contributed by atoms with van der Waals surface area (Å²) in [4.78, 5) is 21.4. The van der Waals surface area contributed by atoms with Gasteiger partial charge < -0.3 is 9.47 Å². The molecule has 0 aliphatic carbocycles. The Balaban J connectivity index is 3.81. The maximum Gasteiger partial charge on any atom is 0.306 e. The van der Waals surface area contributed by atoms with E-state index >= 15 is 0 Å². The van der Waals surface area contributed by atoms with Crippen molar-refractivity contribution in [1.29, 1.82) is 0 Å². The van der Waals surface area contributed by atoms with Crippen molar-refractivity contribution in [2.75, 3.05) is 27.3 Å². The van der Waals surface area contributed by atoms with E-state index in [2.05, 4.69) is 18.9 Å². The van der Waals surface area contributed by atoms with Gasteiger partial charge in [-0.2, -0.15) is 8.42 Å². The first-order valence-electron chi connectivity index (χ1n) is 4.79. The van der Waals surface area contributed by atoms with Crippen LogP contribution in [0, 0.1) is 0 Å². The molecule has 0 saturated heterocycles. The molecule has 2 N–H and O–H groups in total. The van der Waals surface area contributed by atoms with Gasteiger partial charge in [-0.05, 0) is 0 Å². The molecular formula is C8H16N2O6S. The highest BCUT2D eigenvalue weighted by Crippen LogP contribution is 1.86. The highest BCUT2D eigenvalue weighted by atomic mass is 32.2. The fourth-order valence-electron chi connectivity index (χ4n) is 0.830. The van der Waals surface area contributed by atoms with Gasteiger partial charge in [0.05, 0.1) is 27.1 Å². The summed E-state index contributed by atoms with van der Waals surface area (Å²) in [5.41, 5.74) is 0. The maximum atomic E-state index is 11.2.